The molecule has 1 aromatic heterocycles. The van der Waals surface area contributed by atoms with E-state index >= 15 is 0 Å². The molecule has 0 radical (unpaired) electrons. The van der Waals surface area contributed by atoms with E-state index in [1.165, 1.54) is 24.0 Å². The highest BCUT2D eigenvalue weighted by atomic mass is 32.1. The average Bonchev–Trinajstić information content (AvgIpc) is 3.16. The van der Waals surface area contributed by atoms with E-state index in [1.54, 1.807) is 18.4 Å². The number of amides is 1. The molecule has 2 heterocycles. The van der Waals surface area contributed by atoms with Gasteiger partial charge in [0, 0.05) is 44.2 Å². The minimum Gasteiger partial charge on any atom is -0.379 e. The Morgan fingerprint density at radius 3 is 2.65 bits per heavy atom. The lowest BCUT2D eigenvalue weighted by Gasteiger charge is -2.41. The summed E-state index contributed by atoms with van der Waals surface area (Å²) in [6.07, 6.45) is 3.56. The fourth-order valence-electron chi connectivity index (χ4n) is 4.15. The number of hydrogen-bond donors (Lipinski definition) is 0. The lowest BCUT2D eigenvalue weighted by Crippen LogP contribution is -2.53. The molecule has 0 unspecified atom stereocenters. The molecule has 4 nitrogen and oxygen atoms in total. The van der Waals surface area contributed by atoms with Gasteiger partial charge in [0.15, 0.2) is 0 Å². The molecular weight excluding hydrogens is 344 g/mol. The molecular formula is C21H26N2O2S. The van der Waals surface area contributed by atoms with Crippen molar-refractivity contribution < 1.29 is 9.53 Å². The van der Waals surface area contributed by atoms with Crippen LogP contribution in [0.3, 0.4) is 0 Å². The van der Waals surface area contributed by atoms with Gasteiger partial charge in [-0.2, -0.15) is 0 Å². The monoisotopic (exact) mass is 370 g/mol. The van der Waals surface area contributed by atoms with Gasteiger partial charge in [0.05, 0.1) is 11.5 Å². The van der Waals surface area contributed by atoms with E-state index in [9.17, 15) is 4.79 Å². The Morgan fingerprint density at radius 1 is 1.12 bits per heavy atom. The maximum absolute atomic E-state index is 12.7. The molecule has 138 valence electrons. The number of benzene rings is 1. The van der Waals surface area contributed by atoms with Crippen molar-refractivity contribution in [1.82, 2.24) is 9.80 Å². The van der Waals surface area contributed by atoms with Crippen LogP contribution >= 0.6 is 11.3 Å². The number of ether oxygens (including phenoxy) is 1. The van der Waals surface area contributed by atoms with Gasteiger partial charge in [-0.25, -0.2) is 0 Å². The molecule has 4 rings (SSSR count). The minimum absolute atomic E-state index is 0.172. The number of piperazine rings is 1. The second-order valence-electron chi connectivity index (χ2n) is 7.19. The van der Waals surface area contributed by atoms with Crippen molar-refractivity contribution in [3.63, 3.8) is 0 Å². The van der Waals surface area contributed by atoms with E-state index in [1.807, 2.05) is 17.0 Å². The second kappa shape index (κ2) is 7.91. The van der Waals surface area contributed by atoms with Crippen molar-refractivity contribution in [2.24, 2.45) is 0 Å². The van der Waals surface area contributed by atoms with Gasteiger partial charge >= 0.3 is 0 Å². The van der Waals surface area contributed by atoms with Gasteiger partial charge in [-0.05, 0) is 42.5 Å². The van der Waals surface area contributed by atoms with Crippen LogP contribution in [0, 0.1) is 0 Å². The first-order valence-corrected chi connectivity index (χ1v) is 10.2. The first-order valence-electron chi connectivity index (χ1n) is 9.42. The molecule has 1 fully saturated rings. The zero-order valence-electron chi connectivity index (χ0n) is 15.3. The van der Waals surface area contributed by atoms with Crippen LogP contribution in [0.25, 0.3) is 0 Å². The predicted molar refractivity (Wildman–Crippen MR) is 105 cm³/mol. The Morgan fingerprint density at radius 2 is 1.88 bits per heavy atom. The molecule has 0 spiro atoms. The molecule has 26 heavy (non-hydrogen) atoms. The number of methoxy groups -OCH3 is 1. The molecule has 0 saturated carbocycles. The van der Waals surface area contributed by atoms with E-state index in [0.29, 0.717) is 12.6 Å². The number of fused-ring (bicyclic) bond motifs is 1. The van der Waals surface area contributed by atoms with Crippen molar-refractivity contribution in [3.05, 3.63) is 57.3 Å². The maximum atomic E-state index is 12.7. The Hall–Kier alpha value is -1.69. The van der Waals surface area contributed by atoms with Gasteiger partial charge in [-0.3, -0.25) is 9.69 Å². The lowest BCUT2D eigenvalue weighted by molar-refractivity contribution is 0.0557. The van der Waals surface area contributed by atoms with Crippen molar-refractivity contribution >= 4 is 17.2 Å². The summed E-state index contributed by atoms with van der Waals surface area (Å²) < 4.78 is 5.15. The molecule has 0 N–H and O–H groups in total. The van der Waals surface area contributed by atoms with Crippen molar-refractivity contribution in [2.75, 3.05) is 33.3 Å². The maximum Gasteiger partial charge on any atom is 0.264 e. The molecule has 2 aliphatic rings. The molecule has 1 aromatic carbocycles. The van der Waals surface area contributed by atoms with Crippen LogP contribution in [0.4, 0.5) is 0 Å². The van der Waals surface area contributed by atoms with Crippen LogP contribution in [0.5, 0.6) is 0 Å². The third kappa shape index (κ3) is 3.70. The van der Waals surface area contributed by atoms with Crippen LogP contribution < -0.4 is 0 Å². The molecule has 2 aromatic rings. The van der Waals surface area contributed by atoms with E-state index in [0.717, 1.165) is 42.4 Å². The van der Waals surface area contributed by atoms with Crippen LogP contribution in [-0.2, 0) is 24.2 Å². The minimum atomic E-state index is 0.172. The highest BCUT2D eigenvalue weighted by molar-refractivity contribution is 7.14. The second-order valence-corrected chi connectivity index (χ2v) is 8.36. The number of rotatable bonds is 4. The topological polar surface area (TPSA) is 32.8 Å². The zero-order valence-corrected chi connectivity index (χ0v) is 16.1. The fraction of sp³-hybridized carbons (Fsp3) is 0.476. The van der Waals surface area contributed by atoms with Crippen LogP contribution in [-0.4, -0.2) is 55.0 Å². The largest absolute Gasteiger partial charge is 0.379 e. The van der Waals surface area contributed by atoms with E-state index in [4.69, 9.17) is 4.74 Å². The number of thiophene rings is 1. The van der Waals surface area contributed by atoms with Gasteiger partial charge in [0.2, 0.25) is 0 Å². The van der Waals surface area contributed by atoms with Crippen molar-refractivity contribution in [1.29, 1.82) is 0 Å². The van der Waals surface area contributed by atoms with Crippen LogP contribution in [0.15, 0.2) is 36.4 Å². The SMILES string of the molecule is COCc1ccc(C(=O)N2CCN([C@@H]3CCc4ccccc4C3)CC2)s1. The average molecular weight is 371 g/mol. The van der Waals surface area contributed by atoms with Crippen molar-refractivity contribution in [2.45, 2.75) is 31.9 Å². The highest BCUT2D eigenvalue weighted by Crippen LogP contribution is 2.26. The summed E-state index contributed by atoms with van der Waals surface area (Å²) in [7, 11) is 1.68. The number of hydrogen-bond acceptors (Lipinski definition) is 4. The molecule has 1 saturated heterocycles. The summed E-state index contributed by atoms with van der Waals surface area (Å²) in [4.78, 5) is 19.3. The summed E-state index contributed by atoms with van der Waals surface area (Å²) in [5.74, 6) is 0.172. The van der Waals surface area contributed by atoms with Gasteiger partial charge < -0.3 is 9.64 Å². The summed E-state index contributed by atoms with van der Waals surface area (Å²) in [6, 6.07) is 13.4. The number of aryl methyl sites for hydroxylation is 1. The quantitative estimate of drug-likeness (QED) is 0.828. The Bertz CT molecular complexity index is 765. The molecule has 1 aliphatic heterocycles. The smallest absolute Gasteiger partial charge is 0.264 e. The number of nitrogens with zero attached hydrogens (tertiary/aromatic N) is 2. The first kappa shape index (κ1) is 17.7. The van der Waals surface area contributed by atoms with Crippen molar-refractivity contribution in [3.8, 4) is 0 Å². The van der Waals surface area contributed by atoms with Gasteiger partial charge in [-0.15, -0.1) is 11.3 Å². The van der Waals surface area contributed by atoms with Gasteiger partial charge in [-0.1, -0.05) is 24.3 Å². The summed E-state index contributed by atoms with van der Waals surface area (Å²) in [5, 5.41) is 0. The fourth-order valence-corrected chi connectivity index (χ4v) is 5.10. The Kier molecular flexibility index (Phi) is 5.38. The zero-order chi connectivity index (χ0) is 17.9. The molecule has 1 aliphatic carbocycles. The van der Waals surface area contributed by atoms with E-state index < -0.39 is 0 Å². The molecule has 5 heteroatoms. The highest BCUT2D eigenvalue weighted by Gasteiger charge is 2.29. The van der Waals surface area contributed by atoms with Gasteiger partial charge in [0.1, 0.15) is 0 Å². The third-order valence-electron chi connectivity index (χ3n) is 5.60. The van der Waals surface area contributed by atoms with E-state index in [-0.39, 0.29) is 5.91 Å². The lowest BCUT2D eigenvalue weighted by atomic mass is 9.87. The molecule has 0 bridgehead atoms. The van der Waals surface area contributed by atoms with Crippen LogP contribution in [0.2, 0.25) is 0 Å². The Labute approximate surface area is 159 Å². The number of carbonyl (C=O) groups excluding carboxylic acids is 1. The Balaban J connectivity index is 1.33. The summed E-state index contributed by atoms with van der Waals surface area (Å²) in [5.41, 5.74) is 3.02. The standard InChI is InChI=1S/C21H26N2O2S/c1-25-15-19-8-9-20(26-19)21(24)23-12-10-22(11-13-23)18-7-6-16-4-2-3-5-17(16)14-18/h2-5,8-9,18H,6-7,10-15H2,1H3/t18-/m1/s1. The summed E-state index contributed by atoms with van der Waals surface area (Å²) in [6.45, 7) is 4.20. The van der Waals surface area contributed by atoms with Crippen LogP contribution in [0.1, 0.15) is 32.1 Å². The molecule has 1 amide bonds. The third-order valence-corrected chi connectivity index (χ3v) is 6.64. The predicted octanol–water partition coefficient (Wildman–Crippen LogP) is 3.21. The number of carbonyl (C=O) groups is 1. The first-order chi connectivity index (χ1) is 12.7. The normalized spacial score (nSPS) is 20.8. The molecule has 1 atom stereocenters. The summed E-state index contributed by atoms with van der Waals surface area (Å²) >= 11 is 1.55. The van der Waals surface area contributed by atoms with E-state index in [2.05, 4.69) is 29.2 Å². The van der Waals surface area contributed by atoms with Gasteiger partial charge in [0.25, 0.3) is 5.91 Å².